The van der Waals surface area contributed by atoms with E-state index < -0.39 is 0 Å². The number of hydrogen-bond acceptors (Lipinski definition) is 2. The summed E-state index contributed by atoms with van der Waals surface area (Å²) in [6, 6.07) is 0. The van der Waals surface area contributed by atoms with Gasteiger partial charge in [0.2, 0.25) is 0 Å². The van der Waals surface area contributed by atoms with Crippen molar-refractivity contribution < 1.29 is 4.74 Å². The molecule has 1 nitrogen and oxygen atoms in total. The maximum absolute atomic E-state index is 5.13. The maximum atomic E-state index is 5.13. The summed E-state index contributed by atoms with van der Waals surface area (Å²) in [5.41, 5.74) is 0. The molecule has 0 spiro atoms. The molecule has 0 aliphatic carbocycles. The molecule has 1 aliphatic rings. The van der Waals surface area contributed by atoms with Crippen LogP contribution in [-0.2, 0) is 4.74 Å². The first-order valence-electron chi connectivity index (χ1n) is 2.54. The minimum absolute atomic E-state index is 0.792. The number of hydrogen-bond donors (Lipinski definition) is 0. The van der Waals surface area contributed by atoms with Crippen LogP contribution >= 0.6 is 11.8 Å². The molecule has 0 aromatic heterocycles. The molecule has 1 saturated heterocycles. The zero-order valence-corrected chi connectivity index (χ0v) is 5.33. The SMILES string of the molecule is CS[C@H]1CCOC1. The van der Waals surface area contributed by atoms with Crippen molar-refractivity contribution in [2.45, 2.75) is 11.7 Å². The van der Waals surface area contributed by atoms with Gasteiger partial charge in [-0.05, 0) is 12.7 Å². The van der Waals surface area contributed by atoms with E-state index in [0.29, 0.717) is 0 Å². The van der Waals surface area contributed by atoms with Gasteiger partial charge < -0.3 is 4.74 Å². The van der Waals surface area contributed by atoms with Gasteiger partial charge in [0, 0.05) is 11.9 Å². The average molecular weight is 118 g/mol. The van der Waals surface area contributed by atoms with E-state index in [4.69, 9.17) is 4.74 Å². The number of rotatable bonds is 1. The molecule has 0 amide bonds. The average Bonchev–Trinajstić information content (AvgIpc) is 2.14. The van der Waals surface area contributed by atoms with Crippen molar-refractivity contribution >= 4 is 11.8 Å². The highest BCUT2D eigenvalue weighted by molar-refractivity contribution is 7.99. The predicted molar refractivity (Wildman–Crippen MR) is 32.7 cm³/mol. The van der Waals surface area contributed by atoms with Crippen LogP contribution in [0.25, 0.3) is 0 Å². The second kappa shape index (κ2) is 2.58. The van der Waals surface area contributed by atoms with Gasteiger partial charge in [-0.3, -0.25) is 0 Å². The van der Waals surface area contributed by atoms with E-state index in [9.17, 15) is 0 Å². The molecular weight excluding hydrogens is 108 g/mol. The van der Waals surface area contributed by atoms with E-state index in [2.05, 4.69) is 6.26 Å². The molecule has 1 heterocycles. The van der Waals surface area contributed by atoms with Crippen LogP contribution < -0.4 is 0 Å². The molecule has 0 aromatic rings. The van der Waals surface area contributed by atoms with Crippen molar-refractivity contribution in [3.05, 3.63) is 0 Å². The van der Waals surface area contributed by atoms with E-state index in [1.165, 1.54) is 6.42 Å². The van der Waals surface area contributed by atoms with Gasteiger partial charge >= 0.3 is 0 Å². The van der Waals surface area contributed by atoms with Gasteiger partial charge in [0.1, 0.15) is 0 Å². The van der Waals surface area contributed by atoms with Crippen molar-refractivity contribution in [1.82, 2.24) is 0 Å². The van der Waals surface area contributed by atoms with Crippen LogP contribution in [0.5, 0.6) is 0 Å². The van der Waals surface area contributed by atoms with Gasteiger partial charge in [0.05, 0.1) is 6.61 Å². The van der Waals surface area contributed by atoms with Gasteiger partial charge in [-0.15, -0.1) is 0 Å². The van der Waals surface area contributed by atoms with Crippen LogP contribution in [0.3, 0.4) is 0 Å². The number of ether oxygens (including phenoxy) is 1. The largest absolute Gasteiger partial charge is 0.380 e. The van der Waals surface area contributed by atoms with Crippen LogP contribution in [0.2, 0.25) is 0 Å². The monoisotopic (exact) mass is 118 g/mol. The Kier molecular flexibility index (Phi) is 2.00. The zero-order valence-electron chi connectivity index (χ0n) is 4.52. The summed E-state index contributed by atoms with van der Waals surface area (Å²) < 4.78 is 5.13. The Morgan fingerprint density at radius 1 is 1.71 bits per heavy atom. The summed E-state index contributed by atoms with van der Waals surface area (Å²) in [7, 11) is 0. The molecule has 1 rings (SSSR count). The minimum atomic E-state index is 0.792. The molecule has 0 radical (unpaired) electrons. The molecule has 0 unspecified atom stereocenters. The topological polar surface area (TPSA) is 9.23 Å². The third-order valence-electron chi connectivity index (χ3n) is 1.22. The van der Waals surface area contributed by atoms with Crippen LogP contribution in [0.15, 0.2) is 0 Å². The Morgan fingerprint density at radius 3 is 2.86 bits per heavy atom. The summed E-state index contributed by atoms with van der Waals surface area (Å²) >= 11 is 1.91. The minimum Gasteiger partial charge on any atom is -0.380 e. The number of thioether (sulfide) groups is 1. The van der Waals surface area contributed by atoms with E-state index in [0.717, 1.165) is 18.5 Å². The molecule has 2 heteroatoms. The Hall–Kier alpha value is 0.310. The normalized spacial score (nSPS) is 31.3. The highest BCUT2D eigenvalue weighted by Gasteiger charge is 2.12. The van der Waals surface area contributed by atoms with E-state index in [1.54, 1.807) is 0 Å². The quantitative estimate of drug-likeness (QED) is 0.510. The maximum Gasteiger partial charge on any atom is 0.0585 e. The van der Waals surface area contributed by atoms with Crippen molar-refractivity contribution in [1.29, 1.82) is 0 Å². The first kappa shape index (κ1) is 5.45. The van der Waals surface area contributed by atoms with Crippen molar-refractivity contribution in [2.24, 2.45) is 0 Å². The summed E-state index contributed by atoms with van der Waals surface area (Å²) in [6.45, 7) is 1.95. The van der Waals surface area contributed by atoms with Gasteiger partial charge in [-0.25, -0.2) is 0 Å². The fourth-order valence-corrected chi connectivity index (χ4v) is 1.26. The second-order valence-corrected chi connectivity index (χ2v) is 2.86. The van der Waals surface area contributed by atoms with Crippen LogP contribution in [-0.4, -0.2) is 24.7 Å². The molecule has 0 bridgehead atoms. The summed E-state index contributed by atoms with van der Waals surface area (Å²) in [6.07, 6.45) is 3.39. The summed E-state index contributed by atoms with van der Waals surface area (Å²) in [5, 5.41) is 0.792. The third-order valence-corrected chi connectivity index (χ3v) is 2.26. The standard InChI is InChI=1S/C5H10OS/c1-7-5-2-3-6-4-5/h5H,2-4H2,1H3/t5-/m0/s1. The fraction of sp³-hybridized carbons (Fsp3) is 1.00. The van der Waals surface area contributed by atoms with E-state index >= 15 is 0 Å². The first-order valence-corrected chi connectivity index (χ1v) is 3.83. The zero-order chi connectivity index (χ0) is 5.11. The van der Waals surface area contributed by atoms with Gasteiger partial charge in [-0.2, -0.15) is 11.8 Å². The van der Waals surface area contributed by atoms with Crippen LogP contribution in [0.1, 0.15) is 6.42 Å². The molecule has 0 aromatic carbocycles. The van der Waals surface area contributed by atoms with Gasteiger partial charge in [0.25, 0.3) is 0 Å². The predicted octanol–water partition coefficient (Wildman–Crippen LogP) is 1.14. The fourth-order valence-electron chi connectivity index (χ4n) is 0.699. The molecule has 0 saturated carbocycles. The molecule has 0 N–H and O–H groups in total. The van der Waals surface area contributed by atoms with Crippen LogP contribution in [0.4, 0.5) is 0 Å². The van der Waals surface area contributed by atoms with E-state index in [1.807, 2.05) is 11.8 Å². The highest BCUT2D eigenvalue weighted by Crippen LogP contribution is 2.16. The van der Waals surface area contributed by atoms with Crippen molar-refractivity contribution in [3.8, 4) is 0 Å². The molecule has 42 valence electrons. The highest BCUT2D eigenvalue weighted by atomic mass is 32.2. The van der Waals surface area contributed by atoms with E-state index in [-0.39, 0.29) is 0 Å². The Bertz CT molecular complexity index is 50.0. The molecular formula is C5H10OS. The summed E-state index contributed by atoms with van der Waals surface area (Å²) in [4.78, 5) is 0. The Morgan fingerprint density at radius 2 is 2.57 bits per heavy atom. The van der Waals surface area contributed by atoms with Crippen molar-refractivity contribution in [3.63, 3.8) is 0 Å². The van der Waals surface area contributed by atoms with Crippen molar-refractivity contribution in [2.75, 3.05) is 19.5 Å². The lowest BCUT2D eigenvalue weighted by molar-refractivity contribution is 0.199. The molecule has 1 aliphatic heterocycles. The summed E-state index contributed by atoms with van der Waals surface area (Å²) in [5.74, 6) is 0. The third kappa shape index (κ3) is 1.35. The lowest BCUT2D eigenvalue weighted by Crippen LogP contribution is -1.97. The Labute approximate surface area is 48.4 Å². The lowest BCUT2D eigenvalue weighted by atomic mass is 10.4. The van der Waals surface area contributed by atoms with Gasteiger partial charge in [0.15, 0.2) is 0 Å². The smallest absolute Gasteiger partial charge is 0.0585 e. The van der Waals surface area contributed by atoms with Crippen LogP contribution in [0, 0.1) is 0 Å². The molecule has 1 atom stereocenters. The molecule has 7 heavy (non-hydrogen) atoms. The second-order valence-electron chi connectivity index (χ2n) is 1.72. The first-order chi connectivity index (χ1) is 3.43. The molecule has 1 fully saturated rings. The lowest BCUT2D eigenvalue weighted by Gasteiger charge is -1.97. The van der Waals surface area contributed by atoms with Gasteiger partial charge in [-0.1, -0.05) is 0 Å². The Balaban J connectivity index is 2.14.